The number of hydrogen-bond acceptors (Lipinski definition) is 2. The van der Waals surface area contributed by atoms with Crippen molar-refractivity contribution in [2.45, 2.75) is 31.8 Å². The summed E-state index contributed by atoms with van der Waals surface area (Å²) in [5.41, 5.74) is 1.73. The lowest BCUT2D eigenvalue weighted by atomic mass is 9.81. The van der Waals surface area contributed by atoms with E-state index >= 15 is 0 Å². The molecule has 1 aliphatic rings. The maximum absolute atomic E-state index is 10.3. The second kappa shape index (κ2) is 4.98. The molecule has 0 aliphatic heterocycles. The minimum Gasteiger partial charge on any atom is -0.387 e. The van der Waals surface area contributed by atoms with Gasteiger partial charge in [-0.15, -0.1) is 0 Å². The van der Waals surface area contributed by atoms with E-state index in [0.29, 0.717) is 5.92 Å². The summed E-state index contributed by atoms with van der Waals surface area (Å²) in [6.07, 6.45) is 4.20. The normalized spacial score (nSPS) is 17.7. The first-order chi connectivity index (χ1) is 8.74. The molecule has 1 atom stereocenters. The van der Waals surface area contributed by atoms with Crippen LogP contribution in [-0.2, 0) is 0 Å². The van der Waals surface area contributed by atoms with Gasteiger partial charge >= 0.3 is 0 Å². The second-order valence-corrected chi connectivity index (χ2v) is 5.95. The Bertz CT molecular complexity index is 565. The highest BCUT2D eigenvalue weighted by atomic mass is 79.9. The van der Waals surface area contributed by atoms with E-state index in [2.05, 4.69) is 20.9 Å². The predicted octanol–water partition coefficient (Wildman–Crippen LogP) is 4.22. The molecule has 0 saturated heterocycles. The van der Waals surface area contributed by atoms with Gasteiger partial charge in [0.15, 0.2) is 0 Å². The van der Waals surface area contributed by atoms with Gasteiger partial charge in [0.2, 0.25) is 0 Å². The number of para-hydroxylation sites is 1. The maximum Gasteiger partial charge on any atom is 0.0974 e. The average molecular weight is 306 g/mol. The lowest BCUT2D eigenvalue weighted by molar-refractivity contribution is 0.114. The number of hydrogen-bond donors (Lipinski definition) is 1. The molecule has 3 heteroatoms. The molecule has 0 radical (unpaired) electrons. The lowest BCUT2D eigenvalue weighted by Gasteiger charge is -2.27. The van der Waals surface area contributed by atoms with Crippen molar-refractivity contribution in [3.63, 3.8) is 0 Å². The monoisotopic (exact) mass is 305 g/mol. The van der Waals surface area contributed by atoms with E-state index < -0.39 is 6.10 Å². The van der Waals surface area contributed by atoms with Crippen molar-refractivity contribution < 1.29 is 5.11 Å². The number of pyridine rings is 1. The Balaban J connectivity index is 1.92. The zero-order valence-corrected chi connectivity index (χ0v) is 11.7. The third kappa shape index (κ3) is 2.29. The largest absolute Gasteiger partial charge is 0.387 e. The lowest BCUT2D eigenvalue weighted by Crippen LogP contribution is -2.15. The summed E-state index contributed by atoms with van der Waals surface area (Å²) < 4.78 is 0.910. The first-order valence-electron chi connectivity index (χ1n) is 6.47. The number of halogens is 1. The molecule has 2 nitrogen and oxygen atoms in total. The zero-order chi connectivity index (χ0) is 12.5. The molecule has 1 heterocycles. The quantitative estimate of drug-likeness (QED) is 0.921. The van der Waals surface area contributed by atoms with Crippen LogP contribution in [0.4, 0.5) is 0 Å². The van der Waals surface area contributed by atoms with E-state index in [-0.39, 0.29) is 0 Å². The predicted molar refractivity (Wildman–Crippen MR) is 76.4 cm³/mol. The summed E-state index contributed by atoms with van der Waals surface area (Å²) in [6.45, 7) is 0. The maximum atomic E-state index is 10.3. The van der Waals surface area contributed by atoms with Crippen molar-refractivity contribution in [1.82, 2.24) is 4.98 Å². The standard InChI is InChI=1S/C15H16BrNO/c16-12-9-11-6-1-2-7-13(11)17-15(12)14(18)8-10-4-3-5-10/h1-2,6-7,9-10,14,18H,3-5,8H2. The van der Waals surface area contributed by atoms with Crippen LogP contribution in [0.5, 0.6) is 0 Å². The fraction of sp³-hybridized carbons (Fsp3) is 0.400. The van der Waals surface area contributed by atoms with Gasteiger partial charge < -0.3 is 5.11 Å². The van der Waals surface area contributed by atoms with Crippen LogP contribution in [0.1, 0.15) is 37.5 Å². The molecule has 1 aliphatic carbocycles. The van der Waals surface area contributed by atoms with Gasteiger partial charge in [0.05, 0.1) is 17.3 Å². The van der Waals surface area contributed by atoms with E-state index in [1.165, 1.54) is 19.3 Å². The average Bonchev–Trinajstić information content (AvgIpc) is 2.32. The van der Waals surface area contributed by atoms with Gasteiger partial charge in [0.1, 0.15) is 0 Å². The van der Waals surface area contributed by atoms with Crippen molar-refractivity contribution in [1.29, 1.82) is 0 Å². The Morgan fingerprint density at radius 1 is 1.33 bits per heavy atom. The number of fused-ring (bicyclic) bond motifs is 1. The Hall–Kier alpha value is -0.930. The minimum atomic E-state index is -0.450. The van der Waals surface area contributed by atoms with Crippen molar-refractivity contribution in [2.24, 2.45) is 5.92 Å². The van der Waals surface area contributed by atoms with E-state index in [0.717, 1.165) is 27.5 Å². The second-order valence-electron chi connectivity index (χ2n) is 5.10. The van der Waals surface area contributed by atoms with Crippen molar-refractivity contribution >= 4 is 26.8 Å². The molecular weight excluding hydrogens is 290 g/mol. The molecular formula is C15H16BrNO. The number of benzene rings is 1. The van der Waals surface area contributed by atoms with Crippen molar-refractivity contribution in [3.05, 3.63) is 40.5 Å². The SMILES string of the molecule is OC(CC1CCC1)c1nc2ccccc2cc1Br. The van der Waals surface area contributed by atoms with Gasteiger partial charge in [-0.1, -0.05) is 37.5 Å². The van der Waals surface area contributed by atoms with Crippen LogP contribution in [0.25, 0.3) is 10.9 Å². The number of rotatable bonds is 3. The van der Waals surface area contributed by atoms with Crippen molar-refractivity contribution in [2.75, 3.05) is 0 Å². The molecule has 0 spiro atoms. The van der Waals surface area contributed by atoms with Gasteiger partial charge in [0.25, 0.3) is 0 Å². The van der Waals surface area contributed by atoms with Gasteiger partial charge in [-0.05, 0) is 40.4 Å². The molecule has 1 aromatic heterocycles. The third-order valence-corrected chi connectivity index (χ3v) is 4.44. The Morgan fingerprint density at radius 3 is 2.83 bits per heavy atom. The van der Waals surface area contributed by atoms with Crippen LogP contribution in [0.2, 0.25) is 0 Å². The number of aliphatic hydroxyl groups is 1. The summed E-state index contributed by atoms with van der Waals surface area (Å²) in [5, 5.41) is 11.4. The molecule has 1 fully saturated rings. The molecule has 18 heavy (non-hydrogen) atoms. The molecule has 1 unspecified atom stereocenters. The fourth-order valence-corrected chi connectivity index (χ4v) is 3.09. The molecule has 1 N–H and O–H groups in total. The Kier molecular flexibility index (Phi) is 3.35. The van der Waals surface area contributed by atoms with Crippen LogP contribution in [0.15, 0.2) is 34.8 Å². The van der Waals surface area contributed by atoms with Gasteiger partial charge in [0, 0.05) is 9.86 Å². The number of nitrogens with zero attached hydrogens (tertiary/aromatic N) is 1. The molecule has 3 rings (SSSR count). The summed E-state index contributed by atoms with van der Waals surface area (Å²) >= 11 is 3.53. The van der Waals surface area contributed by atoms with Crippen LogP contribution < -0.4 is 0 Å². The zero-order valence-electron chi connectivity index (χ0n) is 10.1. The van der Waals surface area contributed by atoms with E-state index in [9.17, 15) is 5.11 Å². The van der Waals surface area contributed by atoms with Crippen LogP contribution in [0.3, 0.4) is 0 Å². The summed E-state index contributed by atoms with van der Waals surface area (Å²) in [4.78, 5) is 4.59. The smallest absolute Gasteiger partial charge is 0.0974 e. The van der Waals surface area contributed by atoms with Crippen LogP contribution >= 0.6 is 15.9 Å². The summed E-state index contributed by atoms with van der Waals surface area (Å²) in [7, 11) is 0. The fourth-order valence-electron chi connectivity index (χ4n) is 2.49. The van der Waals surface area contributed by atoms with E-state index in [1.54, 1.807) is 0 Å². The van der Waals surface area contributed by atoms with Crippen LogP contribution in [-0.4, -0.2) is 10.1 Å². The van der Waals surface area contributed by atoms with E-state index in [4.69, 9.17) is 0 Å². The van der Waals surface area contributed by atoms with Gasteiger partial charge in [-0.2, -0.15) is 0 Å². The van der Waals surface area contributed by atoms with E-state index in [1.807, 2.05) is 30.3 Å². The summed E-state index contributed by atoms with van der Waals surface area (Å²) in [6, 6.07) is 10.0. The summed E-state index contributed by atoms with van der Waals surface area (Å²) in [5.74, 6) is 0.681. The first kappa shape index (κ1) is 12.1. The number of aromatic nitrogens is 1. The molecule has 0 amide bonds. The van der Waals surface area contributed by atoms with Gasteiger partial charge in [-0.25, -0.2) is 4.98 Å². The highest BCUT2D eigenvalue weighted by molar-refractivity contribution is 9.10. The molecule has 2 aromatic rings. The topological polar surface area (TPSA) is 33.1 Å². The Labute approximate surface area is 115 Å². The van der Waals surface area contributed by atoms with Crippen molar-refractivity contribution in [3.8, 4) is 0 Å². The molecule has 1 saturated carbocycles. The highest BCUT2D eigenvalue weighted by Gasteiger charge is 2.23. The first-order valence-corrected chi connectivity index (χ1v) is 7.26. The molecule has 94 valence electrons. The van der Waals surface area contributed by atoms with Gasteiger partial charge in [-0.3, -0.25) is 0 Å². The Morgan fingerprint density at radius 2 is 2.11 bits per heavy atom. The number of aliphatic hydroxyl groups excluding tert-OH is 1. The highest BCUT2D eigenvalue weighted by Crippen LogP contribution is 2.36. The molecule has 0 bridgehead atoms. The minimum absolute atomic E-state index is 0.450. The molecule has 1 aromatic carbocycles. The third-order valence-electron chi connectivity index (χ3n) is 3.80. The van der Waals surface area contributed by atoms with Crippen LogP contribution in [0, 0.1) is 5.92 Å².